The summed E-state index contributed by atoms with van der Waals surface area (Å²) in [6.07, 6.45) is 1.55. The Kier molecular flexibility index (Phi) is 4.35. The Morgan fingerprint density at radius 1 is 1.19 bits per heavy atom. The molecular formula is C17H24N2O2. The van der Waals surface area contributed by atoms with E-state index in [2.05, 4.69) is 26.1 Å². The van der Waals surface area contributed by atoms with Crippen LogP contribution in [-0.4, -0.2) is 24.4 Å². The summed E-state index contributed by atoms with van der Waals surface area (Å²) in [5.74, 6) is -0.104. The molecule has 1 saturated heterocycles. The van der Waals surface area contributed by atoms with Crippen LogP contribution >= 0.6 is 0 Å². The molecule has 1 heterocycles. The quantitative estimate of drug-likeness (QED) is 0.929. The zero-order chi connectivity index (χ0) is 15.6. The maximum atomic E-state index is 12.5. The van der Waals surface area contributed by atoms with Gasteiger partial charge in [0.05, 0.1) is 0 Å². The van der Waals surface area contributed by atoms with Gasteiger partial charge >= 0.3 is 0 Å². The average molecular weight is 288 g/mol. The molecule has 1 aliphatic rings. The molecule has 0 bridgehead atoms. The first-order valence-electron chi connectivity index (χ1n) is 7.54. The summed E-state index contributed by atoms with van der Waals surface area (Å²) in [6.45, 7) is 8.57. The van der Waals surface area contributed by atoms with Crippen molar-refractivity contribution in [2.45, 2.75) is 52.0 Å². The number of carbonyl (C=O) groups is 2. The van der Waals surface area contributed by atoms with E-state index in [4.69, 9.17) is 0 Å². The zero-order valence-corrected chi connectivity index (χ0v) is 13.3. The van der Waals surface area contributed by atoms with Crippen LogP contribution in [0.15, 0.2) is 24.3 Å². The zero-order valence-electron chi connectivity index (χ0n) is 13.3. The van der Waals surface area contributed by atoms with Crippen LogP contribution < -0.4 is 10.2 Å². The lowest BCUT2D eigenvalue weighted by Crippen LogP contribution is -2.58. The summed E-state index contributed by atoms with van der Waals surface area (Å²) >= 11 is 0. The minimum atomic E-state index is -0.390. The number of carbonyl (C=O) groups excluding carboxylic acids is 2. The first-order valence-corrected chi connectivity index (χ1v) is 7.54. The van der Waals surface area contributed by atoms with E-state index in [1.54, 1.807) is 4.90 Å². The van der Waals surface area contributed by atoms with Gasteiger partial charge in [0.2, 0.25) is 11.8 Å². The Hall–Kier alpha value is -1.84. The topological polar surface area (TPSA) is 49.4 Å². The Bertz CT molecular complexity index is 529. The number of hydrogen-bond donors (Lipinski definition) is 1. The van der Waals surface area contributed by atoms with Crippen molar-refractivity contribution in [3.63, 3.8) is 0 Å². The minimum Gasteiger partial charge on any atom is -0.343 e. The molecule has 0 saturated carbocycles. The first-order chi connectivity index (χ1) is 9.82. The predicted octanol–water partition coefficient (Wildman–Crippen LogP) is 2.62. The van der Waals surface area contributed by atoms with Crippen molar-refractivity contribution in [1.82, 2.24) is 5.32 Å². The highest BCUT2D eigenvalue weighted by atomic mass is 16.2. The third kappa shape index (κ3) is 3.43. The van der Waals surface area contributed by atoms with E-state index >= 15 is 0 Å². The smallest absolute Gasteiger partial charge is 0.250 e. The lowest BCUT2D eigenvalue weighted by Gasteiger charge is -2.32. The molecule has 1 aromatic rings. The SMILES string of the molecule is CCCC1NC(=O)CN(c2ccc(C(C)(C)C)cc2)C1=O. The Morgan fingerprint density at radius 3 is 2.33 bits per heavy atom. The molecule has 0 spiro atoms. The monoisotopic (exact) mass is 288 g/mol. The van der Waals surface area contributed by atoms with Gasteiger partial charge in [-0.05, 0) is 29.5 Å². The van der Waals surface area contributed by atoms with Gasteiger partial charge in [-0.3, -0.25) is 9.59 Å². The van der Waals surface area contributed by atoms with Crippen molar-refractivity contribution in [3.05, 3.63) is 29.8 Å². The van der Waals surface area contributed by atoms with Gasteiger partial charge in [0, 0.05) is 5.69 Å². The lowest BCUT2D eigenvalue weighted by atomic mass is 9.87. The van der Waals surface area contributed by atoms with Gasteiger partial charge < -0.3 is 10.2 Å². The molecule has 4 heteroatoms. The summed E-state index contributed by atoms with van der Waals surface area (Å²) in [5, 5.41) is 2.77. The minimum absolute atomic E-state index is 0.0139. The van der Waals surface area contributed by atoms with Crippen molar-refractivity contribution in [2.24, 2.45) is 0 Å². The van der Waals surface area contributed by atoms with Crippen LogP contribution in [0.2, 0.25) is 0 Å². The molecular weight excluding hydrogens is 264 g/mol. The molecule has 0 aliphatic carbocycles. The van der Waals surface area contributed by atoms with E-state index in [9.17, 15) is 9.59 Å². The number of benzene rings is 1. The molecule has 1 aromatic carbocycles. The van der Waals surface area contributed by atoms with Crippen molar-refractivity contribution in [1.29, 1.82) is 0 Å². The molecule has 114 valence electrons. The van der Waals surface area contributed by atoms with Crippen LogP contribution in [0.5, 0.6) is 0 Å². The molecule has 1 fully saturated rings. The predicted molar refractivity (Wildman–Crippen MR) is 84.3 cm³/mol. The number of piperazine rings is 1. The molecule has 1 N–H and O–H groups in total. The molecule has 1 aliphatic heterocycles. The summed E-state index contributed by atoms with van der Waals surface area (Å²) < 4.78 is 0. The average Bonchev–Trinajstić information content (AvgIpc) is 2.42. The number of anilines is 1. The second kappa shape index (κ2) is 5.88. The molecule has 1 atom stereocenters. The Balaban J connectivity index is 2.23. The Morgan fingerprint density at radius 2 is 1.81 bits per heavy atom. The van der Waals surface area contributed by atoms with Gasteiger partial charge in [-0.25, -0.2) is 0 Å². The summed E-state index contributed by atoms with van der Waals surface area (Å²) in [4.78, 5) is 25.8. The van der Waals surface area contributed by atoms with Crippen LogP contribution in [0.3, 0.4) is 0 Å². The van der Waals surface area contributed by atoms with E-state index in [-0.39, 0.29) is 23.8 Å². The van der Waals surface area contributed by atoms with E-state index in [0.717, 1.165) is 12.1 Å². The third-order valence-electron chi connectivity index (χ3n) is 3.82. The van der Waals surface area contributed by atoms with Crippen molar-refractivity contribution >= 4 is 17.5 Å². The molecule has 2 amide bonds. The van der Waals surface area contributed by atoms with Crippen LogP contribution in [0.1, 0.15) is 46.1 Å². The van der Waals surface area contributed by atoms with Crippen LogP contribution in [-0.2, 0) is 15.0 Å². The first kappa shape index (κ1) is 15.5. The Labute approximate surface area is 126 Å². The van der Waals surface area contributed by atoms with Crippen LogP contribution in [0, 0.1) is 0 Å². The number of hydrogen-bond acceptors (Lipinski definition) is 2. The van der Waals surface area contributed by atoms with E-state index in [0.29, 0.717) is 6.42 Å². The summed E-state index contributed by atoms with van der Waals surface area (Å²) in [6, 6.07) is 7.53. The van der Waals surface area contributed by atoms with Crippen molar-refractivity contribution in [3.8, 4) is 0 Å². The maximum Gasteiger partial charge on any atom is 0.250 e. The molecule has 0 aromatic heterocycles. The lowest BCUT2D eigenvalue weighted by molar-refractivity contribution is -0.131. The van der Waals surface area contributed by atoms with Crippen LogP contribution in [0.4, 0.5) is 5.69 Å². The van der Waals surface area contributed by atoms with Gasteiger partial charge in [-0.2, -0.15) is 0 Å². The molecule has 0 radical (unpaired) electrons. The number of nitrogens with zero attached hydrogens (tertiary/aromatic N) is 1. The molecule has 21 heavy (non-hydrogen) atoms. The van der Waals surface area contributed by atoms with Gasteiger partial charge in [0.25, 0.3) is 0 Å². The second-order valence-corrected chi connectivity index (χ2v) is 6.63. The van der Waals surface area contributed by atoms with Crippen molar-refractivity contribution < 1.29 is 9.59 Å². The molecule has 1 unspecified atom stereocenters. The van der Waals surface area contributed by atoms with Gasteiger partial charge in [-0.15, -0.1) is 0 Å². The van der Waals surface area contributed by atoms with E-state index in [1.165, 1.54) is 5.56 Å². The number of nitrogens with one attached hydrogen (secondary N) is 1. The highest BCUT2D eigenvalue weighted by Gasteiger charge is 2.32. The molecule has 2 rings (SSSR count). The number of amides is 2. The van der Waals surface area contributed by atoms with E-state index in [1.807, 2.05) is 31.2 Å². The fourth-order valence-corrected chi connectivity index (χ4v) is 2.56. The maximum absolute atomic E-state index is 12.5. The molecule has 4 nitrogen and oxygen atoms in total. The van der Waals surface area contributed by atoms with E-state index < -0.39 is 6.04 Å². The third-order valence-corrected chi connectivity index (χ3v) is 3.82. The van der Waals surface area contributed by atoms with Gasteiger partial charge in [0.15, 0.2) is 0 Å². The summed E-state index contributed by atoms with van der Waals surface area (Å²) in [7, 11) is 0. The summed E-state index contributed by atoms with van der Waals surface area (Å²) in [5.41, 5.74) is 2.08. The highest BCUT2D eigenvalue weighted by molar-refractivity contribution is 6.06. The van der Waals surface area contributed by atoms with Gasteiger partial charge in [-0.1, -0.05) is 46.2 Å². The fourth-order valence-electron chi connectivity index (χ4n) is 2.56. The van der Waals surface area contributed by atoms with Crippen molar-refractivity contribution in [2.75, 3.05) is 11.4 Å². The normalized spacial score (nSPS) is 19.6. The second-order valence-electron chi connectivity index (χ2n) is 6.63. The van der Waals surface area contributed by atoms with Gasteiger partial charge in [0.1, 0.15) is 12.6 Å². The van der Waals surface area contributed by atoms with Crippen LogP contribution in [0.25, 0.3) is 0 Å². The largest absolute Gasteiger partial charge is 0.343 e. The standard InChI is InChI=1S/C17H24N2O2/c1-5-6-14-16(21)19(11-15(20)18-14)13-9-7-12(8-10-13)17(2,3)4/h7-10,14H,5-6,11H2,1-4H3,(H,18,20). The number of rotatable bonds is 3. The highest BCUT2D eigenvalue weighted by Crippen LogP contribution is 2.26. The fraction of sp³-hybridized carbons (Fsp3) is 0.529.